The summed E-state index contributed by atoms with van der Waals surface area (Å²) >= 11 is 0. The van der Waals surface area contributed by atoms with Crippen LogP contribution < -0.4 is 14.8 Å². The Labute approximate surface area is 170 Å². The number of methoxy groups -OCH3 is 1. The van der Waals surface area contributed by atoms with Crippen LogP contribution >= 0.6 is 0 Å². The van der Waals surface area contributed by atoms with Crippen molar-refractivity contribution < 1.29 is 14.3 Å². The van der Waals surface area contributed by atoms with Gasteiger partial charge in [-0.1, -0.05) is 18.2 Å². The van der Waals surface area contributed by atoms with Gasteiger partial charge in [-0.05, 0) is 61.6 Å². The molecule has 4 rings (SSSR count). The maximum absolute atomic E-state index is 12.9. The quantitative estimate of drug-likeness (QED) is 0.643. The number of benzene rings is 2. The van der Waals surface area contributed by atoms with Crippen molar-refractivity contribution in [1.29, 1.82) is 0 Å². The molecule has 0 spiro atoms. The van der Waals surface area contributed by atoms with Gasteiger partial charge in [-0.3, -0.25) is 9.48 Å². The number of carbonyl (C=O) groups excluding carboxylic acids is 1. The molecule has 1 N–H and O–H groups in total. The lowest BCUT2D eigenvalue weighted by Gasteiger charge is -2.17. The van der Waals surface area contributed by atoms with Crippen molar-refractivity contribution in [3.05, 3.63) is 72.1 Å². The lowest BCUT2D eigenvalue weighted by atomic mass is 10.1. The third kappa shape index (κ3) is 4.59. The molecule has 6 nitrogen and oxygen atoms in total. The highest BCUT2D eigenvalue weighted by Gasteiger charge is 2.19. The monoisotopic (exact) mass is 391 g/mol. The van der Waals surface area contributed by atoms with Gasteiger partial charge in [0.1, 0.15) is 0 Å². The number of hydrogen-bond acceptors (Lipinski definition) is 4. The molecule has 0 saturated heterocycles. The smallest absolute Gasteiger partial charge is 0.255 e. The van der Waals surface area contributed by atoms with Crippen molar-refractivity contribution in [2.75, 3.05) is 12.4 Å². The summed E-state index contributed by atoms with van der Waals surface area (Å²) in [6.07, 6.45) is 8.40. The molecule has 29 heavy (non-hydrogen) atoms. The fourth-order valence-electron chi connectivity index (χ4n) is 3.64. The molecule has 3 aromatic rings. The molecule has 1 amide bonds. The molecule has 6 heteroatoms. The number of anilines is 1. The van der Waals surface area contributed by atoms with Gasteiger partial charge in [-0.2, -0.15) is 5.10 Å². The van der Waals surface area contributed by atoms with Crippen molar-refractivity contribution in [1.82, 2.24) is 9.78 Å². The van der Waals surface area contributed by atoms with Gasteiger partial charge in [-0.25, -0.2) is 0 Å². The number of hydrogen-bond donors (Lipinski definition) is 1. The zero-order valence-electron chi connectivity index (χ0n) is 16.5. The minimum atomic E-state index is -0.191. The highest BCUT2D eigenvalue weighted by atomic mass is 16.5. The van der Waals surface area contributed by atoms with Gasteiger partial charge in [-0.15, -0.1) is 0 Å². The van der Waals surface area contributed by atoms with Gasteiger partial charge >= 0.3 is 0 Å². The Morgan fingerprint density at radius 3 is 2.72 bits per heavy atom. The second-order valence-corrected chi connectivity index (χ2v) is 7.20. The Morgan fingerprint density at radius 2 is 1.97 bits per heavy atom. The van der Waals surface area contributed by atoms with Crippen molar-refractivity contribution in [2.24, 2.45) is 0 Å². The summed E-state index contributed by atoms with van der Waals surface area (Å²) in [6, 6.07) is 14.9. The predicted molar refractivity (Wildman–Crippen MR) is 112 cm³/mol. The third-order valence-electron chi connectivity index (χ3n) is 5.18. The van der Waals surface area contributed by atoms with Crippen LogP contribution in [0.3, 0.4) is 0 Å². The number of amides is 1. The highest BCUT2D eigenvalue weighted by Crippen LogP contribution is 2.32. The maximum atomic E-state index is 12.9. The first-order valence-corrected chi connectivity index (χ1v) is 9.94. The van der Waals surface area contributed by atoms with Crippen molar-refractivity contribution in [3.63, 3.8) is 0 Å². The standard InChI is InChI=1S/C23H25N3O3/c1-28-22-15-17(11-12-21(22)29-19-8-3-4-9-19)23(27)25-20-10-5-2-7-18(20)16-26-14-6-13-24-26/h2,5-7,10-15,19H,3-4,8-9,16H2,1H3,(H,25,27). The zero-order valence-corrected chi connectivity index (χ0v) is 16.5. The average molecular weight is 391 g/mol. The molecular weight excluding hydrogens is 366 g/mol. The van der Waals surface area contributed by atoms with Crippen LogP contribution in [0, 0.1) is 0 Å². The molecule has 0 bridgehead atoms. The Kier molecular flexibility index (Phi) is 5.79. The summed E-state index contributed by atoms with van der Waals surface area (Å²) in [5, 5.41) is 7.24. The van der Waals surface area contributed by atoms with E-state index in [9.17, 15) is 4.79 Å². The van der Waals surface area contributed by atoms with E-state index in [0.717, 1.165) is 24.1 Å². The number of aromatic nitrogens is 2. The molecule has 0 aliphatic heterocycles. The Morgan fingerprint density at radius 1 is 1.14 bits per heavy atom. The molecular formula is C23H25N3O3. The molecule has 0 atom stereocenters. The number of nitrogens with one attached hydrogen (secondary N) is 1. The van der Waals surface area contributed by atoms with Crippen LogP contribution in [0.1, 0.15) is 41.6 Å². The molecule has 0 radical (unpaired) electrons. The van der Waals surface area contributed by atoms with Crippen LogP contribution in [0.5, 0.6) is 11.5 Å². The van der Waals surface area contributed by atoms with E-state index in [4.69, 9.17) is 9.47 Å². The van der Waals surface area contributed by atoms with E-state index in [1.54, 1.807) is 25.4 Å². The first-order chi connectivity index (χ1) is 14.2. The molecule has 1 aliphatic rings. The first-order valence-electron chi connectivity index (χ1n) is 9.94. The molecule has 1 saturated carbocycles. The lowest BCUT2D eigenvalue weighted by Crippen LogP contribution is -2.15. The molecule has 1 aliphatic carbocycles. The third-order valence-corrected chi connectivity index (χ3v) is 5.18. The second kappa shape index (κ2) is 8.82. The van der Waals surface area contributed by atoms with E-state index in [1.807, 2.05) is 47.3 Å². The summed E-state index contributed by atoms with van der Waals surface area (Å²) in [5.74, 6) is 1.08. The summed E-state index contributed by atoms with van der Waals surface area (Å²) in [5.41, 5.74) is 2.27. The summed E-state index contributed by atoms with van der Waals surface area (Å²) in [7, 11) is 1.60. The molecule has 0 unspecified atom stereocenters. The van der Waals surface area contributed by atoms with Crippen molar-refractivity contribution in [3.8, 4) is 11.5 Å². The maximum Gasteiger partial charge on any atom is 0.255 e. The van der Waals surface area contributed by atoms with E-state index in [0.29, 0.717) is 23.6 Å². The van der Waals surface area contributed by atoms with Crippen LogP contribution in [-0.2, 0) is 6.54 Å². The Balaban J connectivity index is 1.50. The van der Waals surface area contributed by atoms with Crippen LogP contribution in [0.4, 0.5) is 5.69 Å². The zero-order chi connectivity index (χ0) is 20.1. The van der Waals surface area contributed by atoms with Crippen LogP contribution in [0.25, 0.3) is 0 Å². The van der Waals surface area contributed by atoms with Gasteiger partial charge in [0.25, 0.3) is 5.91 Å². The minimum absolute atomic E-state index is 0.191. The SMILES string of the molecule is COc1cc(C(=O)Nc2ccccc2Cn2cccn2)ccc1OC1CCCC1. The fraction of sp³-hybridized carbons (Fsp3) is 0.304. The number of nitrogens with zero attached hydrogens (tertiary/aromatic N) is 2. The van der Waals surface area contributed by atoms with Gasteiger partial charge in [0.2, 0.25) is 0 Å². The number of ether oxygens (including phenoxy) is 2. The number of carbonyl (C=O) groups is 1. The summed E-state index contributed by atoms with van der Waals surface area (Å²) < 4.78 is 13.4. The molecule has 1 aromatic heterocycles. The Hall–Kier alpha value is -3.28. The van der Waals surface area contributed by atoms with Crippen molar-refractivity contribution >= 4 is 11.6 Å². The molecule has 1 heterocycles. The van der Waals surface area contributed by atoms with E-state index >= 15 is 0 Å². The molecule has 150 valence electrons. The molecule has 1 fully saturated rings. The van der Waals surface area contributed by atoms with E-state index in [-0.39, 0.29) is 12.0 Å². The van der Waals surface area contributed by atoms with Crippen LogP contribution in [0.15, 0.2) is 60.9 Å². The lowest BCUT2D eigenvalue weighted by molar-refractivity contribution is 0.102. The van der Waals surface area contributed by atoms with E-state index in [1.165, 1.54) is 12.8 Å². The van der Waals surface area contributed by atoms with Gasteiger partial charge in [0.05, 0.1) is 19.8 Å². The van der Waals surface area contributed by atoms with Crippen LogP contribution in [0.2, 0.25) is 0 Å². The minimum Gasteiger partial charge on any atom is -0.493 e. The number of para-hydroxylation sites is 1. The van der Waals surface area contributed by atoms with Crippen molar-refractivity contribution in [2.45, 2.75) is 38.3 Å². The summed E-state index contributed by atoms with van der Waals surface area (Å²) in [6.45, 7) is 0.584. The van der Waals surface area contributed by atoms with E-state index in [2.05, 4.69) is 10.4 Å². The molecule has 2 aromatic carbocycles. The second-order valence-electron chi connectivity index (χ2n) is 7.20. The predicted octanol–water partition coefficient (Wildman–Crippen LogP) is 4.51. The summed E-state index contributed by atoms with van der Waals surface area (Å²) in [4.78, 5) is 12.9. The van der Waals surface area contributed by atoms with Gasteiger partial charge in [0, 0.05) is 23.6 Å². The highest BCUT2D eigenvalue weighted by molar-refractivity contribution is 6.05. The van der Waals surface area contributed by atoms with Gasteiger partial charge in [0.15, 0.2) is 11.5 Å². The Bertz CT molecular complexity index is 963. The topological polar surface area (TPSA) is 65.4 Å². The normalized spacial score (nSPS) is 14.0. The fourth-order valence-corrected chi connectivity index (χ4v) is 3.64. The average Bonchev–Trinajstić information content (AvgIpc) is 3.44. The number of rotatable bonds is 7. The largest absolute Gasteiger partial charge is 0.493 e. The van der Waals surface area contributed by atoms with Gasteiger partial charge < -0.3 is 14.8 Å². The van der Waals surface area contributed by atoms with E-state index < -0.39 is 0 Å². The first kappa shape index (κ1) is 19.1. The van der Waals surface area contributed by atoms with Crippen LogP contribution in [-0.4, -0.2) is 28.9 Å².